The highest BCUT2D eigenvalue weighted by atomic mass is 79.9. The van der Waals surface area contributed by atoms with E-state index in [1.165, 1.54) is 12.1 Å². The number of hydrogen-bond acceptors (Lipinski definition) is 1. The molecule has 2 nitrogen and oxygen atoms in total. The van der Waals surface area contributed by atoms with Crippen molar-refractivity contribution in [1.82, 2.24) is 4.57 Å². The molecular formula is C14H12BrClFNO. The molecule has 0 N–H and O–H groups in total. The van der Waals surface area contributed by atoms with Crippen LogP contribution in [0.4, 0.5) is 4.39 Å². The lowest BCUT2D eigenvalue weighted by Crippen LogP contribution is -2.04. The minimum atomic E-state index is -0.310. The molecule has 0 fully saturated rings. The number of rotatable bonds is 3. The first-order chi connectivity index (χ1) is 8.95. The van der Waals surface area contributed by atoms with E-state index in [4.69, 9.17) is 11.6 Å². The molecular weight excluding hydrogens is 333 g/mol. The van der Waals surface area contributed by atoms with E-state index in [1.54, 1.807) is 12.1 Å². The fourth-order valence-corrected chi connectivity index (χ4v) is 2.82. The molecule has 100 valence electrons. The summed E-state index contributed by atoms with van der Waals surface area (Å²) < 4.78 is 15.7. The average molecular weight is 345 g/mol. The summed E-state index contributed by atoms with van der Waals surface area (Å²) in [4.78, 5) is 11.8. The van der Waals surface area contributed by atoms with Gasteiger partial charge in [0.2, 0.25) is 0 Å². The van der Waals surface area contributed by atoms with Crippen LogP contribution in [0.5, 0.6) is 0 Å². The SMILES string of the molecule is Cc1cc(C(=O)CCl)c(C)n1-c1ccc(F)cc1Br. The van der Waals surface area contributed by atoms with E-state index in [-0.39, 0.29) is 17.5 Å². The van der Waals surface area contributed by atoms with Crippen LogP contribution in [0.3, 0.4) is 0 Å². The van der Waals surface area contributed by atoms with Crippen molar-refractivity contribution in [3.63, 3.8) is 0 Å². The van der Waals surface area contributed by atoms with Gasteiger partial charge in [-0.2, -0.15) is 0 Å². The molecule has 5 heteroatoms. The molecule has 1 heterocycles. The number of nitrogens with zero attached hydrogens (tertiary/aromatic N) is 1. The fraction of sp³-hybridized carbons (Fsp3) is 0.214. The largest absolute Gasteiger partial charge is 0.317 e. The maximum Gasteiger partial charge on any atom is 0.179 e. The first kappa shape index (κ1) is 14.3. The molecule has 0 bridgehead atoms. The van der Waals surface area contributed by atoms with E-state index in [1.807, 2.05) is 18.4 Å². The van der Waals surface area contributed by atoms with Crippen molar-refractivity contribution in [3.05, 3.63) is 51.5 Å². The number of hydrogen-bond donors (Lipinski definition) is 0. The number of alkyl halides is 1. The van der Waals surface area contributed by atoms with Crippen molar-refractivity contribution in [2.75, 3.05) is 5.88 Å². The van der Waals surface area contributed by atoms with Gasteiger partial charge in [-0.3, -0.25) is 4.79 Å². The third-order valence-electron chi connectivity index (χ3n) is 3.00. The molecule has 0 aliphatic heterocycles. The average Bonchev–Trinajstić information content (AvgIpc) is 2.65. The van der Waals surface area contributed by atoms with Crippen molar-refractivity contribution in [2.45, 2.75) is 13.8 Å². The van der Waals surface area contributed by atoms with E-state index in [2.05, 4.69) is 15.9 Å². The van der Waals surface area contributed by atoms with Crippen LogP contribution >= 0.6 is 27.5 Å². The molecule has 0 amide bonds. The van der Waals surface area contributed by atoms with Crippen molar-refractivity contribution >= 4 is 33.3 Å². The second-order valence-corrected chi connectivity index (χ2v) is 5.39. The second kappa shape index (κ2) is 5.47. The summed E-state index contributed by atoms with van der Waals surface area (Å²) in [6, 6.07) is 6.27. The summed E-state index contributed by atoms with van der Waals surface area (Å²) >= 11 is 8.94. The summed E-state index contributed by atoms with van der Waals surface area (Å²) in [6.07, 6.45) is 0. The topological polar surface area (TPSA) is 22.0 Å². The Kier molecular flexibility index (Phi) is 4.11. The summed E-state index contributed by atoms with van der Waals surface area (Å²) in [7, 11) is 0. The van der Waals surface area contributed by atoms with Crippen LogP contribution in [0.25, 0.3) is 5.69 Å². The summed E-state index contributed by atoms with van der Waals surface area (Å²) in [5, 5.41) is 0. The van der Waals surface area contributed by atoms with Gasteiger partial charge in [-0.15, -0.1) is 11.6 Å². The molecule has 0 saturated carbocycles. The highest BCUT2D eigenvalue weighted by molar-refractivity contribution is 9.10. The lowest BCUT2D eigenvalue weighted by Gasteiger charge is -2.12. The molecule has 0 unspecified atom stereocenters. The third-order valence-corrected chi connectivity index (χ3v) is 3.88. The summed E-state index contributed by atoms with van der Waals surface area (Å²) in [5.41, 5.74) is 3.10. The zero-order valence-corrected chi connectivity index (χ0v) is 12.8. The normalized spacial score (nSPS) is 10.8. The van der Waals surface area contributed by atoms with Crippen LogP contribution in [-0.2, 0) is 0 Å². The van der Waals surface area contributed by atoms with E-state index < -0.39 is 0 Å². The zero-order valence-electron chi connectivity index (χ0n) is 10.5. The predicted octanol–water partition coefficient (Wildman–Crippen LogP) is 4.42. The van der Waals surface area contributed by atoms with E-state index >= 15 is 0 Å². The molecule has 0 aliphatic carbocycles. The Hall–Kier alpha value is -1.13. The highest BCUT2D eigenvalue weighted by Crippen LogP contribution is 2.27. The minimum Gasteiger partial charge on any atom is -0.317 e. The molecule has 0 spiro atoms. The quantitative estimate of drug-likeness (QED) is 0.597. The maximum atomic E-state index is 13.1. The number of aromatic nitrogens is 1. The van der Waals surface area contributed by atoms with Crippen LogP contribution < -0.4 is 0 Å². The Morgan fingerprint density at radius 2 is 2.05 bits per heavy atom. The van der Waals surface area contributed by atoms with Crippen LogP contribution in [0, 0.1) is 19.7 Å². The Labute approximate surface area is 124 Å². The number of carbonyl (C=O) groups excluding carboxylic acids is 1. The second-order valence-electron chi connectivity index (χ2n) is 4.27. The molecule has 0 radical (unpaired) electrons. The van der Waals surface area contributed by atoms with Crippen molar-refractivity contribution in [3.8, 4) is 5.69 Å². The highest BCUT2D eigenvalue weighted by Gasteiger charge is 2.17. The van der Waals surface area contributed by atoms with Gasteiger partial charge in [0.05, 0.1) is 11.6 Å². The van der Waals surface area contributed by atoms with E-state index in [0.717, 1.165) is 17.1 Å². The van der Waals surface area contributed by atoms with E-state index in [0.29, 0.717) is 10.0 Å². The number of Topliss-reactive ketones (excluding diaryl/α,β-unsaturated/α-hetero) is 1. The van der Waals surface area contributed by atoms with Gasteiger partial charge in [0, 0.05) is 21.4 Å². The maximum absolute atomic E-state index is 13.1. The number of ketones is 1. The summed E-state index contributed by atoms with van der Waals surface area (Å²) in [5.74, 6) is -0.469. The van der Waals surface area contributed by atoms with Gasteiger partial charge < -0.3 is 4.57 Å². The molecule has 0 saturated heterocycles. The smallest absolute Gasteiger partial charge is 0.179 e. The number of benzene rings is 1. The Balaban J connectivity index is 2.63. The molecule has 19 heavy (non-hydrogen) atoms. The molecule has 1 aromatic heterocycles. The number of halogens is 3. The van der Waals surface area contributed by atoms with Crippen LogP contribution in [0.2, 0.25) is 0 Å². The van der Waals surface area contributed by atoms with Gasteiger partial charge in [0.15, 0.2) is 5.78 Å². The van der Waals surface area contributed by atoms with Crippen LogP contribution in [-0.4, -0.2) is 16.2 Å². The number of aryl methyl sites for hydroxylation is 1. The minimum absolute atomic E-state index is 0.0467. The molecule has 0 atom stereocenters. The number of carbonyl (C=O) groups is 1. The lowest BCUT2D eigenvalue weighted by atomic mass is 10.2. The summed E-state index contributed by atoms with van der Waals surface area (Å²) in [6.45, 7) is 3.75. The predicted molar refractivity (Wildman–Crippen MR) is 78.0 cm³/mol. The van der Waals surface area contributed by atoms with Crippen molar-refractivity contribution < 1.29 is 9.18 Å². The van der Waals surface area contributed by atoms with Gasteiger partial charge in [-0.1, -0.05) is 0 Å². The van der Waals surface area contributed by atoms with Crippen LogP contribution in [0.1, 0.15) is 21.7 Å². The first-order valence-electron chi connectivity index (χ1n) is 5.69. The van der Waals surface area contributed by atoms with Gasteiger partial charge in [-0.05, 0) is 54.0 Å². The van der Waals surface area contributed by atoms with Crippen molar-refractivity contribution in [2.24, 2.45) is 0 Å². The van der Waals surface area contributed by atoms with Gasteiger partial charge in [0.1, 0.15) is 5.82 Å². The molecule has 2 rings (SSSR count). The van der Waals surface area contributed by atoms with Gasteiger partial charge >= 0.3 is 0 Å². The van der Waals surface area contributed by atoms with Gasteiger partial charge in [-0.25, -0.2) is 4.39 Å². The fourth-order valence-electron chi connectivity index (χ4n) is 2.15. The Morgan fingerprint density at radius 1 is 1.37 bits per heavy atom. The molecule has 1 aromatic carbocycles. The van der Waals surface area contributed by atoms with Gasteiger partial charge in [0.25, 0.3) is 0 Å². The van der Waals surface area contributed by atoms with Crippen LogP contribution in [0.15, 0.2) is 28.7 Å². The van der Waals surface area contributed by atoms with Crippen molar-refractivity contribution in [1.29, 1.82) is 0 Å². The monoisotopic (exact) mass is 343 g/mol. The Morgan fingerprint density at radius 3 is 2.63 bits per heavy atom. The zero-order chi connectivity index (χ0) is 14.2. The molecule has 2 aromatic rings. The van der Waals surface area contributed by atoms with E-state index in [9.17, 15) is 9.18 Å². The third kappa shape index (κ3) is 2.60. The lowest BCUT2D eigenvalue weighted by molar-refractivity contribution is 0.102. The Bertz CT molecular complexity index is 651. The first-order valence-corrected chi connectivity index (χ1v) is 7.02. The molecule has 0 aliphatic rings. The standard InChI is InChI=1S/C14H12BrClFNO/c1-8-5-11(14(19)7-16)9(2)18(8)13-4-3-10(17)6-12(13)15/h3-6H,7H2,1-2H3.